The van der Waals surface area contributed by atoms with Gasteiger partial charge in [0.2, 0.25) is 15.9 Å². The molecule has 154 valence electrons. The molecule has 2 aliphatic heterocycles. The van der Waals surface area contributed by atoms with Crippen LogP contribution in [0, 0.1) is 0 Å². The number of aryl methyl sites for hydroxylation is 1. The summed E-state index contributed by atoms with van der Waals surface area (Å²) >= 11 is 0. The number of fused-ring (bicyclic) bond motifs is 1. The molecule has 7 heteroatoms. The van der Waals surface area contributed by atoms with Gasteiger partial charge in [0, 0.05) is 37.9 Å². The fraction of sp³-hybridized carbons (Fsp3) is 0.409. The lowest BCUT2D eigenvalue weighted by atomic mass is 9.96. The molecule has 2 aromatic rings. The van der Waals surface area contributed by atoms with Crippen LogP contribution in [0.3, 0.4) is 0 Å². The monoisotopic (exact) mass is 413 g/mol. The lowest BCUT2D eigenvalue weighted by Crippen LogP contribution is -2.53. The normalized spacial score (nSPS) is 21.0. The Bertz CT molecular complexity index is 970. The number of hydrogen-bond acceptors (Lipinski definition) is 4. The predicted octanol–water partition coefficient (Wildman–Crippen LogP) is 2.36. The zero-order valence-electron chi connectivity index (χ0n) is 16.7. The van der Waals surface area contributed by atoms with E-state index >= 15 is 0 Å². The fourth-order valence-corrected chi connectivity index (χ4v) is 5.65. The minimum Gasteiger partial charge on any atom is -0.308 e. The molecular formula is C22H27N3O3S. The summed E-state index contributed by atoms with van der Waals surface area (Å²) in [6.45, 7) is 4.33. The van der Waals surface area contributed by atoms with Crippen molar-refractivity contribution >= 4 is 21.6 Å². The van der Waals surface area contributed by atoms with Crippen LogP contribution in [0.4, 0.5) is 5.69 Å². The van der Waals surface area contributed by atoms with E-state index in [-0.39, 0.29) is 11.9 Å². The van der Waals surface area contributed by atoms with E-state index in [4.69, 9.17) is 0 Å². The Hall–Kier alpha value is -2.22. The van der Waals surface area contributed by atoms with Crippen LogP contribution in [-0.2, 0) is 21.2 Å². The highest BCUT2D eigenvalue weighted by atomic mass is 32.2. The molecule has 0 aromatic heterocycles. The first-order valence-electron chi connectivity index (χ1n) is 10.1. The molecule has 1 fully saturated rings. The van der Waals surface area contributed by atoms with Gasteiger partial charge in [-0.05, 0) is 43.5 Å². The molecule has 0 spiro atoms. The summed E-state index contributed by atoms with van der Waals surface area (Å²) in [4.78, 5) is 17.4. The van der Waals surface area contributed by atoms with E-state index in [0.717, 1.165) is 18.5 Å². The van der Waals surface area contributed by atoms with Crippen LogP contribution in [0.25, 0.3) is 0 Å². The van der Waals surface area contributed by atoms with Crippen LogP contribution in [0.2, 0.25) is 0 Å². The van der Waals surface area contributed by atoms with Crippen LogP contribution < -0.4 is 4.90 Å². The number of carbonyl (C=O) groups is 1. The maximum atomic E-state index is 13.1. The highest BCUT2D eigenvalue weighted by Gasteiger charge is 2.32. The smallest absolute Gasteiger partial charge is 0.243 e. The molecule has 1 unspecified atom stereocenters. The number of nitrogens with zero attached hydrogens (tertiary/aromatic N) is 3. The minimum atomic E-state index is -3.47. The van der Waals surface area contributed by atoms with Crippen molar-refractivity contribution in [1.82, 2.24) is 9.21 Å². The molecular weight excluding hydrogens is 386 g/mol. The topological polar surface area (TPSA) is 60.9 Å². The van der Waals surface area contributed by atoms with Crippen LogP contribution in [-0.4, -0.2) is 62.3 Å². The number of carbonyl (C=O) groups excluding carboxylic acids is 1. The molecule has 4 rings (SSSR count). The molecule has 2 aromatic carbocycles. The van der Waals surface area contributed by atoms with Crippen molar-refractivity contribution < 1.29 is 13.2 Å². The lowest BCUT2D eigenvalue weighted by Gasteiger charge is -2.38. The molecule has 6 nitrogen and oxygen atoms in total. The number of amides is 1. The molecule has 29 heavy (non-hydrogen) atoms. The van der Waals surface area contributed by atoms with Gasteiger partial charge < -0.3 is 4.90 Å². The summed E-state index contributed by atoms with van der Waals surface area (Å²) < 4.78 is 27.1. The molecule has 1 amide bonds. The van der Waals surface area contributed by atoms with Gasteiger partial charge in [-0.1, -0.05) is 36.4 Å². The largest absolute Gasteiger partial charge is 0.308 e. The Labute approximate surface area is 172 Å². The Morgan fingerprint density at radius 2 is 1.62 bits per heavy atom. The first-order chi connectivity index (χ1) is 14.0. The van der Waals surface area contributed by atoms with Gasteiger partial charge in [0.05, 0.1) is 11.4 Å². The predicted molar refractivity (Wildman–Crippen MR) is 113 cm³/mol. The summed E-state index contributed by atoms with van der Waals surface area (Å²) in [7, 11) is -3.47. The van der Waals surface area contributed by atoms with E-state index in [1.807, 2.05) is 29.2 Å². The molecule has 0 aliphatic carbocycles. The van der Waals surface area contributed by atoms with Crippen molar-refractivity contribution in [3.8, 4) is 0 Å². The van der Waals surface area contributed by atoms with E-state index in [1.54, 1.807) is 24.3 Å². The summed E-state index contributed by atoms with van der Waals surface area (Å²) in [5, 5.41) is 0. The average Bonchev–Trinajstić information content (AvgIpc) is 2.74. The van der Waals surface area contributed by atoms with E-state index < -0.39 is 10.0 Å². The van der Waals surface area contributed by atoms with Crippen LogP contribution in [0.15, 0.2) is 59.5 Å². The molecule has 2 aliphatic rings. The van der Waals surface area contributed by atoms with Gasteiger partial charge in [-0.15, -0.1) is 0 Å². The number of anilines is 1. The van der Waals surface area contributed by atoms with Gasteiger partial charge in [-0.2, -0.15) is 4.31 Å². The Kier molecular flexibility index (Phi) is 5.72. The van der Waals surface area contributed by atoms with Gasteiger partial charge in [0.25, 0.3) is 0 Å². The Balaban J connectivity index is 1.40. The SMILES string of the molecule is CC1CCc2ccccc2N1C(=O)CN1CCN(S(=O)(=O)c2ccccc2)CC1. The van der Waals surface area contributed by atoms with E-state index in [2.05, 4.69) is 17.9 Å². The number of sulfonamides is 1. The van der Waals surface area contributed by atoms with Gasteiger partial charge in [-0.25, -0.2) is 8.42 Å². The van der Waals surface area contributed by atoms with Crippen LogP contribution in [0.5, 0.6) is 0 Å². The van der Waals surface area contributed by atoms with Crippen LogP contribution in [0.1, 0.15) is 18.9 Å². The first-order valence-corrected chi connectivity index (χ1v) is 11.6. The molecule has 0 saturated carbocycles. The van der Waals surface area contributed by atoms with E-state index in [0.29, 0.717) is 37.6 Å². The summed E-state index contributed by atoms with van der Waals surface area (Å²) in [6, 6.07) is 16.8. The van der Waals surface area contributed by atoms with Crippen molar-refractivity contribution in [2.45, 2.75) is 30.7 Å². The third-order valence-corrected chi connectivity index (χ3v) is 7.78. The second-order valence-corrected chi connectivity index (χ2v) is 9.71. The Morgan fingerprint density at radius 1 is 0.966 bits per heavy atom. The molecule has 0 bridgehead atoms. The second-order valence-electron chi connectivity index (χ2n) is 7.77. The number of para-hydroxylation sites is 1. The molecule has 1 atom stereocenters. The van der Waals surface area contributed by atoms with Gasteiger partial charge >= 0.3 is 0 Å². The molecule has 0 N–H and O–H groups in total. The van der Waals surface area contributed by atoms with Crippen molar-refractivity contribution in [3.63, 3.8) is 0 Å². The second kappa shape index (κ2) is 8.26. The van der Waals surface area contributed by atoms with Crippen molar-refractivity contribution in [1.29, 1.82) is 0 Å². The maximum Gasteiger partial charge on any atom is 0.243 e. The van der Waals surface area contributed by atoms with Gasteiger partial charge in [0.15, 0.2) is 0 Å². The zero-order chi connectivity index (χ0) is 20.4. The summed E-state index contributed by atoms with van der Waals surface area (Å²) in [6.07, 6.45) is 1.96. The highest BCUT2D eigenvalue weighted by Crippen LogP contribution is 2.30. The Morgan fingerprint density at radius 3 is 2.34 bits per heavy atom. The number of rotatable bonds is 4. The summed E-state index contributed by atoms with van der Waals surface area (Å²) in [5.41, 5.74) is 2.24. The summed E-state index contributed by atoms with van der Waals surface area (Å²) in [5.74, 6) is 0.0871. The average molecular weight is 414 g/mol. The first kappa shape index (κ1) is 20.1. The number of piperazine rings is 1. The van der Waals surface area contributed by atoms with Crippen LogP contribution >= 0.6 is 0 Å². The van der Waals surface area contributed by atoms with Gasteiger partial charge in [-0.3, -0.25) is 9.69 Å². The molecule has 2 heterocycles. The number of benzene rings is 2. The van der Waals surface area contributed by atoms with Crippen molar-refractivity contribution in [2.24, 2.45) is 0 Å². The van der Waals surface area contributed by atoms with E-state index in [9.17, 15) is 13.2 Å². The maximum absolute atomic E-state index is 13.1. The lowest BCUT2D eigenvalue weighted by molar-refractivity contribution is -0.120. The van der Waals surface area contributed by atoms with Gasteiger partial charge in [0.1, 0.15) is 0 Å². The minimum absolute atomic E-state index is 0.0871. The van der Waals surface area contributed by atoms with E-state index in [1.165, 1.54) is 9.87 Å². The third kappa shape index (κ3) is 4.08. The van der Waals surface area contributed by atoms with Crippen molar-refractivity contribution in [2.75, 3.05) is 37.6 Å². The third-order valence-electron chi connectivity index (χ3n) is 5.86. The quantitative estimate of drug-likeness (QED) is 0.772. The van der Waals surface area contributed by atoms with Crippen molar-refractivity contribution in [3.05, 3.63) is 60.2 Å². The molecule has 0 radical (unpaired) electrons. The zero-order valence-corrected chi connectivity index (χ0v) is 17.5. The highest BCUT2D eigenvalue weighted by molar-refractivity contribution is 7.89. The molecule has 1 saturated heterocycles. The number of hydrogen-bond donors (Lipinski definition) is 0. The fourth-order valence-electron chi connectivity index (χ4n) is 4.21. The standard InChI is InChI=1S/C22H27N3O3S/c1-18-11-12-19-7-5-6-10-21(19)25(18)22(26)17-23-13-15-24(16-14-23)29(27,28)20-8-3-2-4-9-20/h2-10,18H,11-17H2,1H3.